The lowest BCUT2D eigenvalue weighted by molar-refractivity contribution is -0.146. The van der Waals surface area contributed by atoms with Gasteiger partial charge in [0.25, 0.3) is 5.91 Å². The number of hydrogen-bond acceptors (Lipinski definition) is 4. The molecule has 1 aromatic heterocycles. The van der Waals surface area contributed by atoms with Gasteiger partial charge in [0.2, 0.25) is 0 Å². The maximum atomic E-state index is 11.6. The van der Waals surface area contributed by atoms with E-state index in [0.717, 1.165) is 5.69 Å². The highest BCUT2D eigenvalue weighted by Gasteiger charge is 2.16. The third-order valence-corrected chi connectivity index (χ3v) is 2.21. The predicted molar refractivity (Wildman–Crippen MR) is 59.7 cm³/mol. The maximum absolute atomic E-state index is 11.6. The number of hydrogen-bond donors (Lipinski definition) is 3. The average molecular weight is 238 g/mol. The Kier molecular flexibility index (Phi) is 4.17. The maximum Gasteiger partial charge on any atom is 0.334 e. The summed E-state index contributed by atoms with van der Waals surface area (Å²) in [6.45, 7) is 3.17. The molecule has 6 heteroatoms. The summed E-state index contributed by atoms with van der Waals surface area (Å²) in [5, 5.41) is 19.8. The number of pyridine rings is 1. The minimum atomic E-state index is -1.60. The minimum Gasteiger partial charge on any atom is -0.479 e. The third kappa shape index (κ3) is 3.53. The molecular formula is C11H14N2O4. The average Bonchev–Trinajstić information content (AvgIpc) is 2.25. The second-order valence-corrected chi connectivity index (χ2v) is 3.65. The van der Waals surface area contributed by atoms with Crippen LogP contribution in [-0.2, 0) is 4.79 Å². The molecule has 0 saturated heterocycles. The summed E-state index contributed by atoms with van der Waals surface area (Å²) in [5.74, 6) is -1.82. The normalized spacial score (nSPS) is 11.9. The smallest absolute Gasteiger partial charge is 0.334 e. The summed E-state index contributed by atoms with van der Waals surface area (Å²) in [4.78, 5) is 26.1. The zero-order chi connectivity index (χ0) is 13.0. The first-order valence-electron chi connectivity index (χ1n) is 5.05. The van der Waals surface area contributed by atoms with Crippen LogP contribution in [0, 0.1) is 13.8 Å². The fourth-order valence-corrected chi connectivity index (χ4v) is 1.30. The summed E-state index contributed by atoms with van der Waals surface area (Å²) in [7, 11) is 0. The van der Waals surface area contributed by atoms with Crippen molar-refractivity contribution in [2.45, 2.75) is 20.0 Å². The van der Waals surface area contributed by atoms with Crippen molar-refractivity contribution >= 4 is 11.9 Å². The monoisotopic (exact) mass is 238 g/mol. The number of aliphatic hydroxyl groups is 1. The van der Waals surface area contributed by atoms with Gasteiger partial charge in [0, 0.05) is 5.69 Å². The molecule has 1 aromatic rings. The topological polar surface area (TPSA) is 99.5 Å². The lowest BCUT2D eigenvalue weighted by Gasteiger charge is -2.09. The van der Waals surface area contributed by atoms with Crippen molar-refractivity contribution in [2.24, 2.45) is 0 Å². The van der Waals surface area contributed by atoms with Crippen molar-refractivity contribution in [3.8, 4) is 0 Å². The Labute approximate surface area is 98.3 Å². The van der Waals surface area contributed by atoms with Crippen LogP contribution in [0.1, 0.15) is 21.7 Å². The van der Waals surface area contributed by atoms with E-state index >= 15 is 0 Å². The molecule has 0 radical (unpaired) electrons. The van der Waals surface area contributed by atoms with Gasteiger partial charge in [0.15, 0.2) is 6.10 Å². The Morgan fingerprint density at radius 1 is 1.41 bits per heavy atom. The summed E-state index contributed by atoms with van der Waals surface area (Å²) in [6.07, 6.45) is -1.60. The molecule has 1 unspecified atom stereocenters. The van der Waals surface area contributed by atoms with Crippen LogP contribution in [0.2, 0.25) is 0 Å². The number of aliphatic hydroxyl groups excluding tert-OH is 1. The van der Waals surface area contributed by atoms with Gasteiger partial charge in [0.1, 0.15) is 0 Å². The van der Waals surface area contributed by atoms with Crippen LogP contribution in [0.25, 0.3) is 0 Å². The van der Waals surface area contributed by atoms with Gasteiger partial charge < -0.3 is 15.5 Å². The lowest BCUT2D eigenvalue weighted by atomic mass is 10.1. The second kappa shape index (κ2) is 5.40. The van der Waals surface area contributed by atoms with Crippen molar-refractivity contribution in [2.75, 3.05) is 6.54 Å². The molecule has 92 valence electrons. The van der Waals surface area contributed by atoms with Crippen molar-refractivity contribution in [3.63, 3.8) is 0 Å². The zero-order valence-electron chi connectivity index (χ0n) is 9.60. The van der Waals surface area contributed by atoms with Crippen molar-refractivity contribution in [1.29, 1.82) is 0 Å². The van der Waals surface area contributed by atoms with Crippen LogP contribution in [0.3, 0.4) is 0 Å². The van der Waals surface area contributed by atoms with Crippen LogP contribution in [0.5, 0.6) is 0 Å². The molecule has 0 aliphatic heterocycles. The number of carbonyl (C=O) groups excluding carboxylic acids is 1. The van der Waals surface area contributed by atoms with Gasteiger partial charge in [-0.2, -0.15) is 0 Å². The number of carboxylic acid groups (broad SMARTS) is 1. The molecular weight excluding hydrogens is 224 g/mol. The fraction of sp³-hybridized carbons (Fsp3) is 0.364. The number of nitrogens with zero attached hydrogens (tertiary/aromatic N) is 1. The summed E-state index contributed by atoms with van der Waals surface area (Å²) < 4.78 is 0. The lowest BCUT2D eigenvalue weighted by Crippen LogP contribution is -2.36. The molecule has 1 amide bonds. The van der Waals surface area contributed by atoms with E-state index in [1.807, 2.05) is 6.92 Å². The van der Waals surface area contributed by atoms with Crippen LogP contribution in [-0.4, -0.2) is 39.7 Å². The standard InChI is InChI=1S/C11H14N2O4/c1-6-3-4-8(7(2)13-6)10(15)12-5-9(14)11(16)17/h3-4,9,14H,5H2,1-2H3,(H,12,15)(H,16,17). The van der Waals surface area contributed by atoms with E-state index in [9.17, 15) is 9.59 Å². The van der Waals surface area contributed by atoms with E-state index in [2.05, 4.69) is 10.3 Å². The van der Waals surface area contributed by atoms with Gasteiger partial charge in [-0.15, -0.1) is 0 Å². The zero-order valence-corrected chi connectivity index (χ0v) is 9.60. The molecule has 0 aromatic carbocycles. The van der Waals surface area contributed by atoms with E-state index < -0.39 is 18.0 Å². The molecule has 0 aliphatic carbocycles. The quantitative estimate of drug-likeness (QED) is 0.678. The number of nitrogens with one attached hydrogen (secondary N) is 1. The van der Waals surface area contributed by atoms with Crippen LogP contribution >= 0.6 is 0 Å². The van der Waals surface area contributed by atoms with E-state index in [4.69, 9.17) is 10.2 Å². The molecule has 3 N–H and O–H groups in total. The molecule has 6 nitrogen and oxygen atoms in total. The summed E-state index contributed by atoms with van der Waals surface area (Å²) >= 11 is 0. The molecule has 0 bridgehead atoms. The molecule has 0 saturated carbocycles. The highest BCUT2D eigenvalue weighted by atomic mass is 16.4. The molecule has 1 heterocycles. The summed E-state index contributed by atoms with van der Waals surface area (Å²) in [5.41, 5.74) is 1.73. The van der Waals surface area contributed by atoms with Gasteiger partial charge in [0.05, 0.1) is 17.8 Å². The number of aromatic nitrogens is 1. The van der Waals surface area contributed by atoms with Crippen molar-refractivity contribution in [3.05, 3.63) is 29.1 Å². The second-order valence-electron chi connectivity index (χ2n) is 3.65. The molecule has 0 spiro atoms. The number of rotatable bonds is 4. The first kappa shape index (κ1) is 13.1. The van der Waals surface area contributed by atoms with Crippen molar-refractivity contribution in [1.82, 2.24) is 10.3 Å². The van der Waals surface area contributed by atoms with Crippen molar-refractivity contribution < 1.29 is 19.8 Å². The predicted octanol–water partition coefficient (Wildman–Crippen LogP) is -0.126. The Morgan fingerprint density at radius 3 is 2.59 bits per heavy atom. The van der Waals surface area contributed by atoms with Gasteiger partial charge >= 0.3 is 5.97 Å². The third-order valence-electron chi connectivity index (χ3n) is 2.21. The van der Waals surface area contributed by atoms with E-state index in [-0.39, 0.29) is 6.54 Å². The molecule has 0 fully saturated rings. The van der Waals surface area contributed by atoms with E-state index in [0.29, 0.717) is 11.3 Å². The van der Waals surface area contributed by atoms with Crippen LogP contribution < -0.4 is 5.32 Å². The van der Waals surface area contributed by atoms with E-state index in [1.54, 1.807) is 19.1 Å². The number of amides is 1. The fourth-order valence-electron chi connectivity index (χ4n) is 1.30. The van der Waals surface area contributed by atoms with Gasteiger partial charge in [-0.25, -0.2) is 4.79 Å². The Bertz CT molecular complexity index is 445. The van der Waals surface area contributed by atoms with E-state index in [1.165, 1.54) is 0 Å². The van der Waals surface area contributed by atoms with Gasteiger partial charge in [-0.1, -0.05) is 0 Å². The molecule has 1 atom stereocenters. The largest absolute Gasteiger partial charge is 0.479 e. The van der Waals surface area contributed by atoms with Gasteiger partial charge in [-0.05, 0) is 26.0 Å². The first-order chi connectivity index (χ1) is 7.91. The highest BCUT2D eigenvalue weighted by Crippen LogP contribution is 2.06. The van der Waals surface area contributed by atoms with Crippen LogP contribution in [0.15, 0.2) is 12.1 Å². The molecule has 17 heavy (non-hydrogen) atoms. The number of aliphatic carboxylic acids is 1. The minimum absolute atomic E-state index is 0.332. The Morgan fingerprint density at radius 2 is 2.06 bits per heavy atom. The number of aryl methyl sites for hydroxylation is 2. The number of carbonyl (C=O) groups is 2. The molecule has 1 rings (SSSR count). The highest BCUT2D eigenvalue weighted by molar-refractivity contribution is 5.95. The van der Waals surface area contributed by atoms with Crippen LogP contribution in [0.4, 0.5) is 0 Å². The Balaban J connectivity index is 2.67. The SMILES string of the molecule is Cc1ccc(C(=O)NCC(O)C(=O)O)c(C)n1. The Hall–Kier alpha value is -1.95. The summed E-state index contributed by atoms with van der Waals surface area (Å²) in [6, 6.07) is 3.30. The number of carboxylic acids is 1. The first-order valence-corrected chi connectivity index (χ1v) is 5.05. The van der Waals surface area contributed by atoms with Gasteiger partial charge in [-0.3, -0.25) is 9.78 Å². The molecule has 0 aliphatic rings.